The molecule has 1 aromatic rings. The van der Waals surface area contributed by atoms with Gasteiger partial charge in [0.2, 0.25) is 5.91 Å². The molecule has 0 bridgehead atoms. The van der Waals surface area contributed by atoms with E-state index in [1.165, 1.54) is 4.90 Å². The summed E-state index contributed by atoms with van der Waals surface area (Å²) in [6, 6.07) is 4.29. The van der Waals surface area contributed by atoms with Crippen LogP contribution in [0.5, 0.6) is 0 Å². The summed E-state index contributed by atoms with van der Waals surface area (Å²) < 4.78 is 0. The third kappa shape index (κ3) is 2.65. The molecule has 18 heavy (non-hydrogen) atoms. The number of carbonyl (C=O) groups excluding carboxylic acids is 1. The SMILES string of the molecule is O=C(O)[C@@H]1C[C@@H](O)CN1C(=O)Cc1ccccn1. The Hall–Kier alpha value is -1.95. The van der Waals surface area contributed by atoms with Crippen LogP contribution in [0.25, 0.3) is 0 Å². The number of hydrogen-bond acceptors (Lipinski definition) is 4. The molecule has 0 unspecified atom stereocenters. The molecular weight excluding hydrogens is 236 g/mol. The van der Waals surface area contributed by atoms with Crippen LogP contribution < -0.4 is 0 Å². The highest BCUT2D eigenvalue weighted by atomic mass is 16.4. The van der Waals surface area contributed by atoms with Gasteiger partial charge in [0.05, 0.1) is 12.5 Å². The van der Waals surface area contributed by atoms with Crippen molar-refractivity contribution in [3.05, 3.63) is 30.1 Å². The lowest BCUT2D eigenvalue weighted by Gasteiger charge is -2.20. The van der Waals surface area contributed by atoms with Crippen molar-refractivity contribution in [2.45, 2.75) is 25.0 Å². The number of β-amino-alcohol motifs (C(OH)–C–C–N with tert-alkyl or cyclic N) is 1. The van der Waals surface area contributed by atoms with Crippen LogP contribution in [0.2, 0.25) is 0 Å². The molecule has 0 spiro atoms. The first-order chi connectivity index (χ1) is 8.58. The number of likely N-dealkylation sites (tertiary alicyclic amines) is 1. The monoisotopic (exact) mass is 250 g/mol. The van der Waals surface area contributed by atoms with Crippen LogP contribution in [0, 0.1) is 0 Å². The molecule has 96 valence electrons. The van der Waals surface area contributed by atoms with Crippen LogP contribution in [-0.2, 0) is 16.0 Å². The number of amides is 1. The second kappa shape index (κ2) is 5.14. The van der Waals surface area contributed by atoms with Gasteiger partial charge in [0.25, 0.3) is 0 Å². The lowest BCUT2D eigenvalue weighted by atomic mass is 10.2. The fraction of sp³-hybridized carbons (Fsp3) is 0.417. The minimum atomic E-state index is -1.08. The fourth-order valence-electron chi connectivity index (χ4n) is 2.08. The molecule has 2 rings (SSSR count). The van der Waals surface area contributed by atoms with Gasteiger partial charge in [-0.2, -0.15) is 0 Å². The molecule has 1 aromatic heterocycles. The van der Waals surface area contributed by atoms with E-state index in [2.05, 4.69) is 4.98 Å². The number of aliphatic hydroxyl groups excluding tert-OH is 1. The van der Waals surface area contributed by atoms with Crippen molar-refractivity contribution in [2.75, 3.05) is 6.54 Å². The summed E-state index contributed by atoms with van der Waals surface area (Å²) in [6.45, 7) is 0.0721. The Labute approximate surface area is 104 Å². The molecule has 1 aliphatic rings. The first-order valence-electron chi connectivity index (χ1n) is 5.68. The Kier molecular flexibility index (Phi) is 3.57. The van der Waals surface area contributed by atoms with E-state index in [1.807, 2.05) is 0 Å². The quantitative estimate of drug-likeness (QED) is 0.766. The maximum absolute atomic E-state index is 12.0. The summed E-state index contributed by atoms with van der Waals surface area (Å²) in [5.41, 5.74) is 0.591. The summed E-state index contributed by atoms with van der Waals surface area (Å²) in [6.07, 6.45) is 0.954. The number of rotatable bonds is 3. The minimum absolute atomic E-state index is 0.0529. The minimum Gasteiger partial charge on any atom is -0.480 e. The van der Waals surface area contributed by atoms with Crippen molar-refractivity contribution in [3.8, 4) is 0 Å². The van der Waals surface area contributed by atoms with Gasteiger partial charge in [-0.25, -0.2) is 4.79 Å². The Morgan fingerprint density at radius 3 is 2.83 bits per heavy atom. The average molecular weight is 250 g/mol. The lowest BCUT2D eigenvalue weighted by Crippen LogP contribution is -2.41. The van der Waals surface area contributed by atoms with E-state index in [1.54, 1.807) is 24.4 Å². The Balaban J connectivity index is 2.06. The van der Waals surface area contributed by atoms with Gasteiger partial charge >= 0.3 is 5.97 Å². The summed E-state index contributed by atoms with van der Waals surface area (Å²) in [5.74, 6) is -1.40. The van der Waals surface area contributed by atoms with Gasteiger partial charge in [-0.3, -0.25) is 9.78 Å². The van der Waals surface area contributed by atoms with Crippen LogP contribution in [0.3, 0.4) is 0 Å². The molecular formula is C12H14N2O4. The van der Waals surface area contributed by atoms with Crippen molar-refractivity contribution in [1.29, 1.82) is 0 Å². The second-order valence-corrected chi connectivity index (χ2v) is 4.29. The van der Waals surface area contributed by atoms with Gasteiger partial charge in [-0.05, 0) is 12.1 Å². The number of hydrogen-bond donors (Lipinski definition) is 2. The van der Waals surface area contributed by atoms with Gasteiger partial charge in [0.1, 0.15) is 6.04 Å². The smallest absolute Gasteiger partial charge is 0.326 e. The predicted octanol–water partition coefficient (Wildman–Crippen LogP) is -0.330. The normalized spacial score (nSPS) is 23.1. The van der Waals surface area contributed by atoms with E-state index in [0.29, 0.717) is 5.69 Å². The summed E-state index contributed by atoms with van der Waals surface area (Å²) in [4.78, 5) is 28.2. The van der Waals surface area contributed by atoms with Crippen LogP contribution in [-0.4, -0.2) is 50.7 Å². The number of aromatic nitrogens is 1. The molecule has 2 atom stereocenters. The van der Waals surface area contributed by atoms with Crippen LogP contribution in [0.15, 0.2) is 24.4 Å². The lowest BCUT2D eigenvalue weighted by molar-refractivity contribution is -0.148. The number of pyridine rings is 1. The predicted molar refractivity (Wildman–Crippen MR) is 61.7 cm³/mol. The summed E-state index contributed by atoms with van der Waals surface area (Å²) in [7, 11) is 0. The molecule has 6 nitrogen and oxygen atoms in total. The van der Waals surface area contributed by atoms with E-state index in [4.69, 9.17) is 5.11 Å². The maximum atomic E-state index is 12.0. The number of carboxylic acids is 1. The molecule has 0 radical (unpaired) electrons. The number of nitrogens with zero attached hydrogens (tertiary/aromatic N) is 2. The molecule has 0 aliphatic carbocycles. The van der Waals surface area contributed by atoms with Crippen LogP contribution in [0.1, 0.15) is 12.1 Å². The Morgan fingerprint density at radius 2 is 2.22 bits per heavy atom. The molecule has 6 heteroatoms. The number of aliphatic carboxylic acids is 1. The zero-order valence-corrected chi connectivity index (χ0v) is 9.69. The third-order valence-corrected chi connectivity index (χ3v) is 2.94. The number of carbonyl (C=O) groups is 2. The maximum Gasteiger partial charge on any atom is 0.326 e. The molecule has 1 amide bonds. The van der Waals surface area contributed by atoms with Crippen LogP contribution >= 0.6 is 0 Å². The van der Waals surface area contributed by atoms with E-state index < -0.39 is 18.1 Å². The van der Waals surface area contributed by atoms with E-state index in [9.17, 15) is 14.7 Å². The molecule has 2 heterocycles. The van der Waals surface area contributed by atoms with Crippen molar-refractivity contribution in [2.24, 2.45) is 0 Å². The fourth-order valence-corrected chi connectivity index (χ4v) is 2.08. The number of carboxylic acid groups (broad SMARTS) is 1. The first kappa shape index (κ1) is 12.5. The highest BCUT2D eigenvalue weighted by Gasteiger charge is 2.38. The summed E-state index contributed by atoms with van der Waals surface area (Å²) >= 11 is 0. The number of aliphatic hydroxyl groups is 1. The molecule has 1 fully saturated rings. The van der Waals surface area contributed by atoms with Crippen molar-refractivity contribution in [1.82, 2.24) is 9.88 Å². The third-order valence-electron chi connectivity index (χ3n) is 2.94. The van der Waals surface area contributed by atoms with Crippen LogP contribution in [0.4, 0.5) is 0 Å². The zero-order chi connectivity index (χ0) is 13.1. The summed E-state index contributed by atoms with van der Waals surface area (Å²) in [5, 5.41) is 18.5. The second-order valence-electron chi connectivity index (χ2n) is 4.29. The molecule has 1 saturated heterocycles. The average Bonchev–Trinajstić information content (AvgIpc) is 2.73. The zero-order valence-electron chi connectivity index (χ0n) is 9.69. The largest absolute Gasteiger partial charge is 0.480 e. The standard InChI is InChI=1S/C12H14N2O4/c15-9-6-10(12(17)18)14(7-9)11(16)5-8-3-1-2-4-13-8/h1-4,9-10,15H,5-7H2,(H,17,18)/t9-,10+/m1/s1. The molecule has 0 aromatic carbocycles. The highest BCUT2D eigenvalue weighted by Crippen LogP contribution is 2.19. The molecule has 0 saturated carbocycles. The van der Waals surface area contributed by atoms with Gasteiger partial charge in [0.15, 0.2) is 0 Å². The van der Waals surface area contributed by atoms with Crippen molar-refractivity contribution < 1.29 is 19.8 Å². The molecule has 1 aliphatic heterocycles. The van der Waals surface area contributed by atoms with Crippen molar-refractivity contribution >= 4 is 11.9 Å². The topological polar surface area (TPSA) is 90.7 Å². The van der Waals surface area contributed by atoms with Gasteiger partial charge in [-0.1, -0.05) is 6.07 Å². The van der Waals surface area contributed by atoms with E-state index >= 15 is 0 Å². The Bertz CT molecular complexity index is 449. The highest BCUT2D eigenvalue weighted by molar-refractivity contribution is 5.85. The van der Waals surface area contributed by atoms with E-state index in [-0.39, 0.29) is 25.3 Å². The Morgan fingerprint density at radius 1 is 1.44 bits per heavy atom. The van der Waals surface area contributed by atoms with Crippen molar-refractivity contribution in [3.63, 3.8) is 0 Å². The molecule has 2 N–H and O–H groups in total. The van der Waals surface area contributed by atoms with Gasteiger partial charge in [0, 0.05) is 24.9 Å². The van der Waals surface area contributed by atoms with Gasteiger partial charge in [-0.15, -0.1) is 0 Å². The van der Waals surface area contributed by atoms with E-state index in [0.717, 1.165) is 0 Å². The first-order valence-corrected chi connectivity index (χ1v) is 5.68. The van der Waals surface area contributed by atoms with Gasteiger partial charge < -0.3 is 15.1 Å².